The molecule has 0 aliphatic rings. The minimum atomic E-state index is -0.818. The molecule has 0 aliphatic carbocycles. The number of aliphatic hydroxyl groups is 2. The Kier molecular flexibility index (Phi) is 8.66. The molecule has 0 bridgehead atoms. The Morgan fingerprint density at radius 3 is 2.67 bits per heavy atom. The molecular weight excluding hydrogens is 284 g/mol. The van der Waals surface area contributed by atoms with Crippen LogP contribution in [0.5, 0.6) is 0 Å². The van der Waals surface area contributed by atoms with Crippen LogP contribution in [0.15, 0.2) is 36.4 Å². The molecule has 1 aromatic rings. The molecule has 1 rings (SSSR count). The quantitative estimate of drug-likeness (QED) is 0.435. The van der Waals surface area contributed by atoms with Crippen molar-refractivity contribution in [3.63, 3.8) is 0 Å². The van der Waals surface area contributed by atoms with Crippen molar-refractivity contribution < 1.29 is 10.2 Å². The van der Waals surface area contributed by atoms with Crippen LogP contribution in [0.25, 0.3) is 6.08 Å². The summed E-state index contributed by atoms with van der Waals surface area (Å²) in [6, 6.07) is 9.17. The first-order chi connectivity index (χ1) is 10.2. The van der Waals surface area contributed by atoms with Crippen LogP contribution in [0.1, 0.15) is 25.3 Å². The molecule has 116 valence electrons. The second-order valence-electron chi connectivity index (χ2n) is 4.80. The summed E-state index contributed by atoms with van der Waals surface area (Å²) >= 11 is 5.14. The van der Waals surface area contributed by atoms with E-state index in [-0.39, 0.29) is 6.61 Å². The maximum Gasteiger partial charge on any atom is 0.166 e. The Labute approximate surface area is 131 Å². The Morgan fingerprint density at radius 1 is 1.33 bits per heavy atom. The van der Waals surface area contributed by atoms with E-state index >= 15 is 0 Å². The maximum atomic E-state index is 10.1. The smallest absolute Gasteiger partial charge is 0.166 e. The molecule has 21 heavy (non-hydrogen) atoms. The van der Waals surface area contributed by atoms with Gasteiger partial charge in [0.25, 0.3) is 0 Å². The summed E-state index contributed by atoms with van der Waals surface area (Å²) < 4.78 is 0. The van der Waals surface area contributed by atoms with E-state index in [1.54, 1.807) is 6.08 Å². The van der Waals surface area contributed by atoms with Crippen LogP contribution in [0.2, 0.25) is 0 Å². The maximum absolute atomic E-state index is 10.1. The molecule has 0 saturated heterocycles. The third-order valence-corrected chi connectivity index (χ3v) is 3.29. The number of unbranched alkanes of at least 4 members (excludes halogenated alkanes) is 1. The van der Waals surface area contributed by atoms with Gasteiger partial charge in [0, 0.05) is 6.54 Å². The summed E-state index contributed by atoms with van der Waals surface area (Å²) in [7, 11) is 0. The molecule has 0 heterocycles. The predicted octanol–water partition coefficient (Wildman–Crippen LogP) is 1.69. The summed E-state index contributed by atoms with van der Waals surface area (Å²) in [6.45, 7) is 2.69. The van der Waals surface area contributed by atoms with E-state index in [1.807, 2.05) is 36.4 Å². The summed E-state index contributed by atoms with van der Waals surface area (Å²) in [5.41, 5.74) is 0.997. The van der Waals surface area contributed by atoms with Crippen molar-refractivity contribution in [1.29, 1.82) is 0 Å². The van der Waals surface area contributed by atoms with Crippen molar-refractivity contribution in [2.24, 2.45) is 0 Å². The third kappa shape index (κ3) is 7.22. The van der Waals surface area contributed by atoms with Crippen LogP contribution < -0.4 is 10.6 Å². The van der Waals surface area contributed by atoms with Crippen molar-refractivity contribution in [3.05, 3.63) is 42.0 Å². The molecule has 0 spiro atoms. The van der Waals surface area contributed by atoms with Gasteiger partial charge >= 0.3 is 0 Å². The second-order valence-corrected chi connectivity index (χ2v) is 5.21. The van der Waals surface area contributed by atoms with E-state index in [0.717, 1.165) is 24.9 Å². The van der Waals surface area contributed by atoms with Crippen LogP contribution in [0.3, 0.4) is 0 Å². The molecule has 0 saturated carbocycles. The van der Waals surface area contributed by atoms with Crippen LogP contribution in [0, 0.1) is 0 Å². The van der Waals surface area contributed by atoms with Gasteiger partial charge in [0.2, 0.25) is 0 Å². The lowest BCUT2D eigenvalue weighted by Crippen LogP contribution is -2.49. The van der Waals surface area contributed by atoms with Crippen molar-refractivity contribution in [2.75, 3.05) is 13.2 Å². The van der Waals surface area contributed by atoms with E-state index < -0.39 is 12.1 Å². The van der Waals surface area contributed by atoms with Crippen LogP contribution >= 0.6 is 12.2 Å². The molecule has 0 amide bonds. The fraction of sp³-hybridized carbons (Fsp3) is 0.438. The van der Waals surface area contributed by atoms with Crippen molar-refractivity contribution in [1.82, 2.24) is 10.6 Å². The molecule has 0 fully saturated rings. The van der Waals surface area contributed by atoms with Gasteiger partial charge in [-0.2, -0.15) is 0 Å². The average Bonchev–Trinajstić information content (AvgIpc) is 2.51. The lowest BCUT2D eigenvalue weighted by molar-refractivity contribution is 0.134. The molecule has 1 aromatic carbocycles. The van der Waals surface area contributed by atoms with Crippen LogP contribution in [-0.2, 0) is 0 Å². The van der Waals surface area contributed by atoms with E-state index in [0.29, 0.717) is 5.11 Å². The van der Waals surface area contributed by atoms with Gasteiger partial charge in [-0.1, -0.05) is 55.8 Å². The first kappa shape index (κ1) is 17.6. The zero-order valence-corrected chi connectivity index (χ0v) is 13.1. The van der Waals surface area contributed by atoms with Gasteiger partial charge in [-0.25, -0.2) is 0 Å². The first-order valence-corrected chi connectivity index (χ1v) is 7.64. The standard InChI is InChI=1S/C16H24N2O2S/c1-2-3-11-17-16(21)18-14(12-19)15(20)10-9-13-7-5-4-6-8-13/h4-10,14-15,19-20H,2-3,11-12H2,1H3,(H2,17,18,21). The zero-order chi connectivity index (χ0) is 15.5. The molecule has 0 aromatic heterocycles. The predicted molar refractivity (Wildman–Crippen MR) is 91.0 cm³/mol. The molecule has 5 heteroatoms. The number of nitrogens with one attached hydrogen (secondary N) is 2. The van der Waals surface area contributed by atoms with Gasteiger partial charge in [0.05, 0.1) is 18.8 Å². The lowest BCUT2D eigenvalue weighted by Gasteiger charge is -2.21. The monoisotopic (exact) mass is 308 g/mol. The molecule has 0 aliphatic heterocycles. The summed E-state index contributed by atoms with van der Waals surface area (Å²) in [5, 5.41) is 25.9. The highest BCUT2D eigenvalue weighted by Gasteiger charge is 2.16. The Morgan fingerprint density at radius 2 is 2.05 bits per heavy atom. The minimum absolute atomic E-state index is 0.199. The van der Waals surface area contributed by atoms with Crippen molar-refractivity contribution >= 4 is 23.4 Å². The lowest BCUT2D eigenvalue weighted by atomic mass is 10.1. The van der Waals surface area contributed by atoms with E-state index in [1.165, 1.54) is 0 Å². The number of benzene rings is 1. The topological polar surface area (TPSA) is 64.5 Å². The van der Waals surface area contributed by atoms with Gasteiger partial charge in [0.15, 0.2) is 5.11 Å². The Hall–Kier alpha value is -1.43. The summed E-state index contributed by atoms with van der Waals surface area (Å²) in [4.78, 5) is 0. The largest absolute Gasteiger partial charge is 0.394 e. The average molecular weight is 308 g/mol. The zero-order valence-electron chi connectivity index (χ0n) is 12.3. The molecule has 4 N–H and O–H groups in total. The third-order valence-electron chi connectivity index (χ3n) is 3.03. The Bertz CT molecular complexity index is 437. The number of hydrogen-bond acceptors (Lipinski definition) is 3. The van der Waals surface area contributed by atoms with Gasteiger partial charge < -0.3 is 20.8 Å². The highest BCUT2D eigenvalue weighted by atomic mass is 32.1. The van der Waals surface area contributed by atoms with Gasteiger partial charge in [0.1, 0.15) is 0 Å². The first-order valence-electron chi connectivity index (χ1n) is 7.24. The molecule has 4 nitrogen and oxygen atoms in total. The number of aliphatic hydroxyl groups excluding tert-OH is 2. The van der Waals surface area contributed by atoms with Crippen LogP contribution in [0.4, 0.5) is 0 Å². The van der Waals surface area contributed by atoms with Crippen molar-refractivity contribution in [2.45, 2.75) is 31.9 Å². The highest BCUT2D eigenvalue weighted by Crippen LogP contribution is 2.04. The highest BCUT2D eigenvalue weighted by molar-refractivity contribution is 7.80. The van der Waals surface area contributed by atoms with Gasteiger partial charge in [-0.3, -0.25) is 0 Å². The number of thiocarbonyl (C=S) groups is 1. The molecule has 2 atom stereocenters. The minimum Gasteiger partial charge on any atom is -0.394 e. The Balaban J connectivity index is 2.47. The fourth-order valence-electron chi connectivity index (χ4n) is 1.75. The van der Waals surface area contributed by atoms with E-state index in [9.17, 15) is 10.2 Å². The second kappa shape index (κ2) is 10.3. The molecule has 2 unspecified atom stereocenters. The molecular formula is C16H24N2O2S. The summed E-state index contributed by atoms with van der Waals surface area (Å²) in [5.74, 6) is 0. The van der Waals surface area contributed by atoms with E-state index in [2.05, 4.69) is 17.6 Å². The van der Waals surface area contributed by atoms with Gasteiger partial charge in [-0.05, 0) is 24.2 Å². The van der Waals surface area contributed by atoms with Crippen molar-refractivity contribution in [3.8, 4) is 0 Å². The fourth-order valence-corrected chi connectivity index (χ4v) is 2.00. The molecule has 0 radical (unpaired) electrons. The normalized spacial score (nSPS) is 13.9. The SMILES string of the molecule is CCCCNC(=S)NC(CO)C(O)C=Cc1ccccc1. The van der Waals surface area contributed by atoms with Crippen LogP contribution in [-0.4, -0.2) is 40.6 Å². The summed E-state index contributed by atoms with van der Waals surface area (Å²) in [6.07, 6.45) is 4.77. The van der Waals surface area contributed by atoms with E-state index in [4.69, 9.17) is 12.2 Å². The number of rotatable bonds is 8. The van der Waals surface area contributed by atoms with Gasteiger partial charge in [-0.15, -0.1) is 0 Å². The number of hydrogen-bond donors (Lipinski definition) is 4.